The zero-order valence-electron chi connectivity index (χ0n) is 13.6. The van der Waals surface area contributed by atoms with Crippen LogP contribution in [-0.4, -0.2) is 18.1 Å². The molecule has 0 N–H and O–H groups in total. The van der Waals surface area contributed by atoms with Gasteiger partial charge in [-0.2, -0.15) is 0 Å². The summed E-state index contributed by atoms with van der Waals surface area (Å²) >= 11 is 0. The number of ether oxygens (including phenoxy) is 1. The molecule has 1 aliphatic rings. The first kappa shape index (κ1) is 15.4. The van der Waals surface area contributed by atoms with Gasteiger partial charge in [-0.05, 0) is 41.7 Å². The predicted molar refractivity (Wildman–Crippen MR) is 96.2 cm³/mol. The Kier molecular flexibility index (Phi) is 4.82. The highest BCUT2D eigenvalue weighted by atomic mass is 16.5. The van der Waals surface area contributed by atoms with Crippen LogP contribution < -0.4 is 4.74 Å². The third-order valence-electron chi connectivity index (χ3n) is 4.38. The van der Waals surface area contributed by atoms with Gasteiger partial charge in [0.1, 0.15) is 5.75 Å². The van der Waals surface area contributed by atoms with Gasteiger partial charge in [-0.25, -0.2) is 0 Å². The fourth-order valence-electron chi connectivity index (χ4n) is 3.08. The third-order valence-corrected chi connectivity index (χ3v) is 4.38. The van der Waals surface area contributed by atoms with Gasteiger partial charge in [-0.1, -0.05) is 48.5 Å². The molecule has 1 heterocycles. The van der Waals surface area contributed by atoms with E-state index in [9.17, 15) is 0 Å². The average molecular weight is 305 g/mol. The molecule has 0 saturated carbocycles. The van der Waals surface area contributed by atoms with Crippen molar-refractivity contribution in [3.8, 4) is 5.75 Å². The molecule has 2 heteroatoms. The Labute approximate surface area is 138 Å². The molecule has 1 atom stereocenters. The second kappa shape index (κ2) is 7.19. The lowest BCUT2D eigenvalue weighted by Gasteiger charge is -2.34. The van der Waals surface area contributed by atoms with Gasteiger partial charge in [0.25, 0.3) is 0 Å². The summed E-state index contributed by atoms with van der Waals surface area (Å²) in [6.07, 6.45) is 6.51. The van der Waals surface area contributed by atoms with E-state index in [4.69, 9.17) is 4.74 Å². The van der Waals surface area contributed by atoms with Crippen molar-refractivity contribution < 1.29 is 4.74 Å². The van der Waals surface area contributed by atoms with Crippen molar-refractivity contribution in [2.45, 2.75) is 25.4 Å². The first-order valence-corrected chi connectivity index (χ1v) is 8.07. The predicted octanol–water partition coefficient (Wildman–Crippen LogP) is 4.89. The van der Waals surface area contributed by atoms with E-state index in [-0.39, 0.29) is 0 Å². The topological polar surface area (TPSA) is 12.5 Å². The number of hydrogen-bond donors (Lipinski definition) is 0. The minimum Gasteiger partial charge on any atom is -0.497 e. The minimum atomic E-state index is 0.393. The van der Waals surface area contributed by atoms with Gasteiger partial charge in [0.15, 0.2) is 0 Å². The summed E-state index contributed by atoms with van der Waals surface area (Å²) in [5.74, 6) is 0.906. The fraction of sp³-hybridized carbons (Fsp3) is 0.238. The molecule has 0 aliphatic carbocycles. The van der Waals surface area contributed by atoms with Gasteiger partial charge in [0.2, 0.25) is 0 Å². The summed E-state index contributed by atoms with van der Waals surface area (Å²) in [4.78, 5) is 2.39. The number of rotatable bonds is 5. The standard InChI is InChI=1S/C21H23NO/c1-3-20-13-12-19(18-10-7-11-21(14-18)23-2)16-22(20)15-17-8-5-4-6-9-17/h3-11,14,16,20H,1,12-13,15H2,2H3/t20-/m0/s1. The van der Waals surface area contributed by atoms with Crippen molar-refractivity contribution in [2.75, 3.05) is 7.11 Å². The Balaban J connectivity index is 1.87. The smallest absolute Gasteiger partial charge is 0.119 e. The zero-order chi connectivity index (χ0) is 16.1. The maximum absolute atomic E-state index is 5.35. The Morgan fingerprint density at radius 1 is 1.17 bits per heavy atom. The van der Waals surface area contributed by atoms with Gasteiger partial charge < -0.3 is 9.64 Å². The van der Waals surface area contributed by atoms with Gasteiger partial charge in [-0.15, -0.1) is 6.58 Å². The van der Waals surface area contributed by atoms with E-state index in [0.717, 1.165) is 25.1 Å². The molecule has 2 aromatic carbocycles. The summed E-state index contributed by atoms with van der Waals surface area (Å²) in [5.41, 5.74) is 3.92. The lowest BCUT2D eigenvalue weighted by atomic mass is 9.94. The average Bonchev–Trinajstić information content (AvgIpc) is 2.62. The highest BCUT2D eigenvalue weighted by Crippen LogP contribution is 2.31. The van der Waals surface area contributed by atoms with E-state index in [2.05, 4.69) is 72.3 Å². The van der Waals surface area contributed by atoms with Crippen molar-refractivity contribution in [3.05, 3.63) is 84.6 Å². The first-order chi connectivity index (χ1) is 11.3. The second-order valence-corrected chi connectivity index (χ2v) is 5.89. The molecule has 0 aromatic heterocycles. The third kappa shape index (κ3) is 3.65. The van der Waals surface area contributed by atoms with Crippen molar-refractivity contribution in [1.29, 1.82) is 0 Å². The molecule has 23 heavy (non-hydrogen) atoms. The Morgan fingerprint density at radius 2 is 2.00 bits per heavy atom. The lowest BCUT2D eigenvalue weighted by Crippen LogP contribution is -2.31. The van der Waals surface area contributed by atoms with Gasteiger partial charge in [-0.3, -0.25) is 0 Å². The van der Waals surface area contributed by atoms with E-state index in [0.29, 0.717) is 6.04 Å². The van der Waals surface area contributed by atoms with Crippen molar-refractivity contribution in [2.24, 2.45) is 0 Å². The summed E-state index contributed by atoms with van der Waals surface area (Å²) < 4.78 is 5.35. The molecule has 0 fully saturated rings. The SMILES string of the molecule is C=C[C@H]1CCC(c2cccc(OC)c2)=CN1Cc1ccccc1. The summed E-state index contributed by atoms with van der Waals surface area (Å²) in [7, 11) is 1.71. The summed E-state index contributed by atoms with van der Waals surface area (Å²) in [6.45, 7) is 4.92. The van der Waals surface area contributed by atoms with Crippen LogP contribution in [0, 0.1) is 0 Å². The monoisotopic (exact) mass is 305 g/mol. The Morgan fingerprint density at radius 3 is 2.74 bits per heavy atom. The highest BCUT2D eigenvalue weighted by molar-refractivity contribution is 5.67. The lowest BCUT2D eigenvalue weighted by molar-refractivity contribution is 0.289. The van der Waals surface area contributed by atoms with Crippen LogP contribution in [0.4, 0.5) is 0 Å². The van der Waals surface area contributed by atoms with E-state index in [1.54, 1.807) is 7.11 Å². The molecule has 0 saturated heterocycles. The second-order valence-electron chi connectivity index (χ2n) is 5.89. The van der Waals surface area contributed by atoms with E-state index >= 15 is 0 Å². The number of methoxy groups -OCH3 is 1. The van der Waals surface area contributed by atoms with Crippen molar-refractivity contribution >= 4 is 5.57 Å². The first-order valence-electron chi connectivity index (χ1n) is 8.07. The summed E-state index contributed by atoms with van der Waals surface area (Å²) in [5, 5.41) is 0. The van der Waals surface area contributed by atoms with E-state index in [1.807, 2.05) is 6.07 Å². The fourth-order valence-corrected chi connectivity index (χ4v) is 3.08. The van der Waals surface area contributed by atoms with Gasteiger partial charge >= 0.3 is 0 Å². The zero-order valence-corrected chi connectivity index (χ0v) is 13.6. The molecule has 0 radical (unpaired) electrons. The van der Waals surface area contributed by atoms with E-state index < -0.39 is 0 Å². The van der Waals surface area contributed by atoms with Crippen LogP contribution in [0.2, 0.25) is 0 Å². The number of benzene rings is 2. The number of allylic oxidation sites excluding steroid dienone is 1. The molecule has 0 amide bonds. The van der Waals surface area contributed by atoms with Crippen LogP contribution in [0.15, 0.2) is 73.5 Å². The maximum Gasteiger partial charge on any atom is 0.119 e. The van der Waals surface area contributed by atoms with Crippen LogP contribution in [0.5, 0.6) is 5.75 Å². The van der Waals surface area contributed by atoms with Crippen LogP contribution in [0.1, 0.15) is 24.0 Å². The minimum absolute atomic E-state index is 0.393. The van der Waals surface area contributed by atoms with Crippen LogP contribution in [0.25, 0.3) is 5.57 Å². The van der Waals surface area contributed by atoms with Crippen LogP contribution in [-0.2, 0) is 6.54 Å². The molecular formula is C21H23NO. The molecule has 2 aromatic rings. The van der Waals surface area contributed by atoms with Gasteiger partial charge in [0.05, 0.1) is 7.11 Å². The molecule has 2 nitrogen and oxygen atoms in total. The number of nitrogens with zero attached hydrogens (tertiary/aromatic N) is 1. The quantitative estimate of drug-likeness (QED) is 0.729. The van der Waals surface area contributed by atoms with Crippen LogP contribution in [0.3, 0.4) is 0 Å². The molecule has 118 valence electrons. The number of hydrogen-bond acceptors (Lipinski definition) is 2. The normalized spacial score (nSPS) is 17.5. The Hall–Kier alpha value is -2.48. The molecule has 1 aliphatic heterocycles. The summed E-state index contributed by atoms with van der Waals surface area (Å²) in [6, 6.07) is 19.3. The molecule has 0 spiro atoms. The molecule has 3 rings (SSSR count). The van der Waals surface area contributed by atoms with Crippen molar-refractivity contribution in [1.82, 2.24) is 4.90 Å². The Bertz CT molecular complexity index is 690. The van der Waals surface area contributed by atoms with Gasteiger partial charge in [0, 0.05) is 18.8 Å². The highest BCUT2D eigenvalue weighted by Gasteiger charge is 2.20. The molecular weight excluding hydrogens is 282 g/mol. The van der Waals surface area contributed by atoms with Crippen LogP contribution >= 0.6 is 0 Å². The maximum atomic E-state index is 5.35. The largest absolute Gasteiger partial charge is 0.497 e. The van der Waals surface area contributed by atoms with E-state index in [1.165, 1.54) is 16.7 Å². The van der Waals surface area contributed by atoms with Crippen molar-refractivity contribution in [3.63, 3.8) is 0 Å². The molecule has 0 unspecified atom stereocenters. The molecule has 0 bridgehead atoms.